The molecule has 1 atom stereocenters. The molecule has 0 aliphatic rings. The van der Waals surface area contributed by atoms with E-state index in [1.165, 1.54) is 10.3 Å². The Morgan fingerprint density at radius 1 is 0.925 bits per heavy atom. The van der Waals surface area contributed by atoms with Gasteiger partial charge in [-0.15, -0.1) is 0 Å². The average molecular weight is 546 g/mol. The van der Waals surface area contributed by atoms with Crippen molar-refractivity contribution in [2.24, 2.45) is 0 Å². The van der Waals surface area contributed by atoms with E-state index in [0.29, 0.717) is 22.5 Å². The van der Waals surface area contributed by atoms with Crippen molar-refractivity contribution in [2.75, 3.05) is 5.32 Å². The molecule has 0 saturated carbocycles. The van der Waals surface area contributed by atoms with E-state index in [4.69, 9.17) is 0 Å². The first kappa shape index (κ1) is 25.2. The summed E-state index contributed by atoms with van der Waals surface area (Å²) in [5, 5.41) is 15.7. The van der Waals surface area contributed by atoms with Crippen molar-refractivity contribution < 1.29 is 13.5 Å². The predicted octanol–water partition coefficient (Wildman–Crippen LogP) is 5.22. The predicted molar refractivity (Wildman–Crippen MR) is 154 cm³/mol. The molecule has 3 aromatic heterocycles. The standard InChI is InChI=1S/C31H23N5O3S/c1-31(37,24-12-16-32-17-13-24)15-11-22-7-9-28-27(19-22)30(34-21-33-28)35-25-8-10-29-23(20-25)14-18-36(29)40(38,39)26-5-3-2-4-6-26/h2-10,12-14,16-21,37H,1H3,(H,33,34,35). The Morgan fingerprint density at radius 2 is 1.73 bits per heavy atom. The van der Waals surface area contributed by atoms with Crippen molar-refractivity contribution in [3.05, 3.63) is 121 Å². The summed E-state index contributed by atoms with van der Waals surface area (Å²) >= 11 is 0. The average Bonchev–Trinajstić information content (AvgIpc) is 3.41. The topological polar surface area (TPSA) is 110 Å². The van der Waals surface area contributed by atoms with Crippen LogP contribution in [0.15, 0.2) is 115 Å². The third-order valence-corrected chi connectivity index (χ3v) is 8.25. The van der Waals surface area contributed by atoms with E-state index in [0.717, 1.165) is 22.0 Å². The molecule has 40 heavy (non-hydrogen) atoms. The summed E-state index contributed by atoms with van der Waals surface area (Å²) in [4.78, 5) is 13.0. The van der Waals surface area contributed by atoms with Crippen LogP contribution in [-0.2, 0) is 15.6 Å². The molecule has 196 valence electrons. The number of rotatable bonds is 5. The van der Waals surface area contributed by atoms with E-state index in [9.17, 15) is 13.5 Å². The molecule has 3 heterocycles. The number of aliphatic hydroxyl groups is 1. The van der Waals surface area contributed by atoms with Crippen LogP contribution in [0.4, 0.5) is 11.5 Å². The number of fused-ring (bicyclic) bond motifs is 2. The van der Waals surface area contributed by atoms with Gasteiger partial charge in [-0.2, -0.15) is 0 Å². The lowest BCUT2D eigenvalue weighted by Crippen LogP contribution is -2.18. The monoisotopic (exact) mass is 545 g/mol. The summed E-state index contributed by atoms with van der Waals surface area (Å²) in [5.41, 5.74) is 2.04. The number of pyridine rings is 1. The van der Waals surface area contributed by atoms with Crippen LogP contribution in [0.1, 0.15) is 18.1 Å². The van der Waals surface area contributed by atoms with E-state index in [-0.39, 0.29) is 4.90 Å². The number of nitrogens with zero attached hydrogens (tertiary/aromatic N) is 4. The fourth-order valence-corrected chi connectivity index (χ4v) is 5.80. The second-order valence-electron chi connectivity index (χ2n) is 9.34. The number of anilines is 2. The maximum Gasteiger partial charge on any atom is 0.268 e. The minimum atomic E-state index is -3.72. The zero-order valence-electron chi connectivity index (χ0n) is 21.4. The molecule has 8 nitrogen and oxygen atoms in total. The van der Waals surface area contributed by atoms with Crippen molar-refractivity contribution in [1.82, 2.24) is 18.9 Å². The zero-order valence-corrected chi connectivity index (χ0v) is 22.2. The first-order chi connectivity index (χ1) is 19.3. The maximum absolute atomic E-state index is 13.2. The second kappa shape index (κ2) is 9.93. The van der Waals surface area contributed by atoms with Crippen LogP contribution in [0.2, 0.25) is 0 Å². The summed E-state index contributed by atoms with van der Waals surface area (Å²) in [6, 6.07) is 24.6. The molecule has 0 fully saturated rings. The molecule has 6 rings (SSSR count). The van der Waals surface area contributed by atoms with Gasteiger partial charge < -0.3 is 10.4 Å². The van der Waals surface area contributed by atoms with Crippen LogP contribution in [0, 0.1) is 11.8 Å². The highest BCUT2D eigenvalue weighted by molar-refractivity contribution is 7.90. The van der Waals surface area contributed by atoms with Gasteiger partial charge in [0, 0.05) is 40.6 Å². The van der Waals surface area contributed by atoms with Gasteiger partial charge in [-0.1, -0.05) is 30.0 Å². The summed E-state index contributed by atoms with van der Waals surface area (Å²) in [6.07, 6.45) is 6.27. The van der Waals surface area contributed by atoms with Crippen LogP contribution >= 0.6 is 0 Å². The minimum Gasteiger partial charge on any atom is -0.374 e. The molecule has 6 aromatic rings. The van der Waals surface area contributed by atoms with Crippen molar-refractivity contribution in [3.8, 4) is 11.8 Å². The molecule has 0 aliphatic carbocycles. The quantitative estimate of drug-likeness (QED) is 0.286. The number of aromatic nitrogens is 4. The normalized spacial score (nSPS) is 12.9. The Labute approximate surface area is 231 Å². The van der Waals surface area contributed by atoms with Gasteiger partial charge in [0.05, 0.1) is 15.9 Å². The van der Waals surface area contributed by atoms with E-state index >= 15 is 0 Å². The smallest absolute Gasteiger partial charge is 0.268 e. The Morgan fingerprint density at radius 3 is 2.52 bits per heavy atom. The second-order valence-corrected chi connectivity index (χ2v) is 11.2. The fourth-order valence-electron chi connectivity index (χ4n) is 4.42. The molecule has 0 saturated heterocycles. The Kier molecular flexibility index (Phi) is 6.27. The highest BCUT2D eigenvalue weighted by atomic mass is 32.2. The number of nitrogens with one attached hydrogen (secondary N) is 1. The zero-order chi connectivity index (χ0) is 27.7. The third-order valence-electron chi connectivity index (χ3n) is 6.55. The summed E-state index contributed by atoms with van der Waals surface area (Å²) in [6.45, 7) is 1.64. The Balaban J connectivity index is 1.32. The summed E-state index contributed by atoms with van der Waals surface area (Å²) in [5.74, 6) is 6.57. The lowest BCUT2D eigenvalue weighted by molar-refractivity contribution is 0.122. The van der Waals surface area contributed by atoms with Gasteiger partial charge in [-0.3, -0.25) is 4.98 Å². The Bertz CT molecular complexity index is 2030. The number of hydrogen-bond acceptors (Lipinski definition) is 7. The minimum absolute atomic E-state index is 0.225. The van der Waals surface area contributed by atoms with Crippen LogP contribution in [0.5, 0.6) is 0 Å². The first-order valence-electron chi connectivity index (χ1n) is 12.4. The molecule has 3 aromatic carbocycles. The van der Waals surface area contributed by atoms with Crippen LogP contribution in [0.25, 0.3) is 21.8 Å². The summed E-state index contributed by atoms with van der Waals surface area (Å²) < 4.78 is 27.6. The van der Waals surface area contributed by atoms with E-state index in [1.54, 1.807) is 80.1 Å². The van der Waals surface area contributed by atoms with Crippen LogP contribution in [-0.4, -0.2) is 32.4 Å². The number of benzene rings is 3. The summed E-state index contributed by atoms with van der Waals surface area (Å²) in [7, 11) is -3.72. The molecule has 0 aliphatic heterocycles. The molecule has 0 radical (unpaired) electrons. The van der Waals surface area contributed by atoms with Gasteiger partial charge in [-0.05, 0) is 79.2 Å². The van der Waals surface area contributed by atoms with Gasteiger partial charge in [0.1, 0.15) is 17.7 Å². The van der Waals surface area contributed by atoms with E-state index < -0.39 is 15.6 Å². The molecule has 9 heteroatoms. The lowest BCUT2D eigenvalue weighted by Gasteiger charge is -2.16. The molecule has 0 spiro atoms. The Hall–Kier alpha value is -5.04. The molecular formula is C31H23N5O3S. The van der Waals surface area contributed by atoms with Crippen LogP contribution < -0.4 is 5.32 Å². The fraction of sp³-hybridized carbons (Fsp3) is 0.0645. The molecule has 0 amide bonds. The molecular weight excluding hydrogens is 522 g/mol. The van der Waals surface area contributed by atoms with E-state index in [1.807, 2.05) is 30.3 Å². The molecule has 1 unspecified atom stereocenters. The largest absolute Gasteiger partial charge is 0.374 e. The van der Waals surface area contributed by atoms with Crippen molar-refractivity contribution >= 4 is 43.3 Å². The van der Waals surface area contributed by atoms with Gasteiger partial charge in [-0.25, -0.2) is 22.4 Å². The van der Waals surface area contributed by atoms with Crippen molar-refractivity contribution in [1.29, 1.82) is 0 Å². The van der Waals surface area contributed by atoms with E-state index in [2.05, 4.69) is 32.1 Å². The SMILES string of the molecule is CC(O)(C#Cc1ccc2ncnc(Nc3ccc4c(ccn4S(=O)(=O)c4ccccc4)c3)c2c1)c1ccncc1. The van der Waals surface area contributed by atoms with Gasteiger partial charge in [0.15, 0.2) is 0 Å². The lowest BCUT2D eigenvalue weighted by atomic mass is 9.97. The molecule has 0 bridgehead atoms. The van der Waals surface area contributed by atoms with Crippen molar-refractivity contribution in [2.45, 2.75) is 17.4 Å². The van der Waals surface area contributed by atoms with Gasteiger partial charge >= 0.3 is 0 Å². The third kappa shape index (κ3) is 4.78. The number of hydrogen-bond donors (Lipinski definition) is 2. The highest BCUT2D eigenvalue weighted by Crippen LogP contribution is 2.28. The maximum atomic E-state index is 13.2. The van der Waals surface area contributed by atoms with Crippen LogP contribution in [0.3, 0.4) is 0 Å². The van der Waals surface area contributed by atoms with Crippen molar-refractivity contribution in [3.63, 3.8) is 0 Å². The van der Waals surface area contributed by atoms with Gasteiger partial charge in [0.2, 0.25) is 0 Å². The molecule has 2 N–H and O–H groups in total. The van der Waals surface area contributed by atoms with Gasteiger partial charge in [0.25, 0.3) is 10.0 Å². The highest BCUT2D eigenvalue weighted by Gasteiger charge is 2.20. The first-order valence-corrected chi connectivity index (χ1v) is 13.8.